The molecule has 11 atom stereocenters. The Morgan fingerprint density at radius 1 is 0.725 bits per heavy atom. The molecule has 8 rings (SSSR count). The molecule has 0 bridgehead atoms. The molecule has 7 aliphatic rings. The predicted octanol–water partition coefficient (Wildman–Crippen LogP) is 1.27. The van der Waals surface area contributed by atoms with E-state index in [0.29, 0.717) is 66.1 Å². The van der Waals surface area contributed by atoms with Gasteiger partial charge in [-0.2, -0.15) is 5.53 Å². The van der Waals surface area contributed by atoms with Gasteiger partial charge in [-0.25, -0.2) is 10.9 Å². The van der Waals surface area contributed by atoms with E-state index in [1.807, 2.05) is 6.07 Å². The Morgan fingerprint density at radius 3 is 2.10 bits per heavy atom. The number of likely N-dealkylation sites (tertiary alicyclic amines) is 2. The van der Waals surface area contributed by atoms with Gasteiger partial charge in [0.1, 0.15) is 0 Å². The van der Waals surface area contributed by atoms with Gasteiger partial charge < -0.3 is 19.9 Å². The molecular weight excluding hydrogens is 504 g/mol. The molecule has 216 valence electrons. The molecule has 0 spiro atoms. The average Bonchev–Trinajstić information content (AvgIpc) is 3.78. The number of nitrogens with zero attached hydrogens (tertiary/aromatic N) is 2. The van der Waals surface area contributed by atoms with Crippen molar-refractivity contribution in [3.05, 3.63) is 35.9 Å². The second-order valence-corrected chi connectivity index (χ2v) is 13.8. The molecule has 3 aliphatic carbocycles. The molecule has 0 aromatic heterocycles. The van der Waals surface area contributed by atoms with Gasteiger partial charge in [0, 0.05) is 62.1 Å². The molecule has 1 aromatic rings. The molecular formula is C31H44N6O3. The van der Waals surface area contributed by atoms with E-state index in [1.165, 1.54) is 5.56 Å². The second kappa shape index (κ2) is 10.3. The summed E-state index contributed by atoms with van der Waals surface area (Å²) in [6.45, 7) is 5.21. The Hall–Kier alpha value is -2.04. The summed E-state index contributed by atoms with van der Waals surface area (Å²) in [6.07, 6.45) is 6.01. The molecule has 4 saturated heterocycles. The summed E-state index contributed by atoms with van der Waals surface area (Å²) < 4.78 is 6.49. The number of fused-ring (bicyclic) bond motifs is 6. The number of ether oxygens (including phenoxy) is 1. The van der Waals surface area contributed by atoms with Crippen LogP contribution < -0.4 is 21.7 Å². The van der Waals surface area contributed by atoms with Crippen LogP contribution in [0.2, 0.25) is 0 Å². The van der Waals surface area contributed by atoms with E-state index in [9.17, 15) is 9.59 Å². The van der Waals surface area contributed by atoms with Crippen molar-refractivity contribution in [2.24, 2.45) is 41.4 Å². The Balaban J connectivity index is 0.867. The van der Waals surface area contributed by atoms with Crippen molar-refractivity contribution >= 4 is 11.8 Å². The summed E-state index contributed by atoms with van der Waals surface area (Å²) in [6, 6.07) is 11.6. The summed E-state index contributed by atoms with van der Waals surface area (Å²) in [5, 5.41) is 3.68. The van der Waals surface area contributed by atoms with Crippen LogP contribution in [0.3, 0.4) is 0 Å². The zero-order valence-corrected chi connectivity index (χ0v) is 23.3. The van der Waals surface area contributed by atoms with Crippen LogP contribution in [0.25, 0.3) is 0 Å². The van der Waals surface area contributed by atoms with Crippen LogP contribution in [-0.2, 0) is 20.9 Å². The monoisotopic (exact) mass is 548 g/mol. The minimum Gasteiger partial charge on any atom is -0.373 e. The van der Waals surface area contributed by atoms with Crippen molar-refractivity contribution in [3.63, 3.8) is 0 Å². The maximum atomic E-state index is 13.9. The van der Waals surface area contributed by atoms with E-state index in [2.05, 4.69) is 55.8 Å². The number of hydrogen-bond acceptors (Lipinski definition) is 7. The Morgan fingerprint density at radius 2 is 1.38 bits per heavy atom. The summed E-state index contributed by atoms with van der Waals surface area (Å²) in [7, 11) is 0. The van der Waals surface area contributed by atoms with Crippen LogP contribution in [0.15, 0.2) is 30.3 Å². The highest BCUT2D eigenvalue weighted by atomic mass is 16.5. The van der Waals surface area contributed by atoms with Gasteiger partial charge in [0.25, 0.3) is 0 Å². The van der Waals surface area contributed by atoms with E-state index in [-0.39, 0.29) is 17.9 Å². The fourth-order valence-electron chi connectivity index (χ4n) is 9.72. The number of benzene rings is 1. The maximum absolute atomic E-state index is 13.9. The van der Waals surface area contributed by atoms with Crippen LogP contribution >= 0.6 is 0 Å². The largest absolute Gasteiger partial charge is 0.373 e. The first kappa shape index (κ1) is 25.7. The molecule has 3 saturated carbocycles. The number of carbonyl (C=O) groups is 2. The molecule has 40 heavy (non-hydrogen) atoms. The number of nitrogens with one attached hydrogen (secondary N) is 4. The van der Waals surface area contributed by atoms with Gasteiger partial charge in [-0.1, -0.05) is 30.3 Å². The van der Waals surface area contributed by atoms with Gasteiger partial charge in [0.2, 0.25) is 11.8 Å². The lowest BCUT2D eigenvalue weighted by molar-refractivity contribution is -0.140. The second-order valence-electron chi connectivity index (χ2n) is 13.8. The highest BCUT2D eigenvalue weighted by molar-refractivity contribution is 5.80. The van der Waals surface area contributed by atoms with Crippen molar-refractivity contribution in [2.45, 2.75) is 69.4 Å². The Labute approximate surface area is 237 Å². The van der Waals surface area contributed by atoms with Gasteiger partial charge in [-0.3, -0.25) is 9.59 Å². The minimum absolute atomic E-state index is 0.0475. The fraction of sp³-hybridized carbons (Fsp3) is 0.742. The quantitative estimate of drug-likeness (QED) is 0.440. The highest BCUT2D eigenvalue weighted by Gasteiger charge is 2.60. The third kappa shape index (κ3) is 4.40. The van der Waals surface area contributed by atoms with Gasteiger partial charge in [0.15, 0.2) is 0 Å². The van der Waals surface area contributed by atoms with Gasteiger partial charge >= 0.3 is 0 Å². The lowest BCUT2D eigenvalue weighted by atomic mass is 9.60. The van der Waals surface area contributed by atoms with Crippen molar-refractivity contribution in [3.8, 4) is 0 Å². The number of hydrazine groups is 2. The number of rotatable bonds is 5. The standard InChI is InChI=1S/C31H44N6O3/c38-30(19-6-7-26-28(10-19)34-35-33-26)36-13-22-23(14-36)25-16-37(15-24(22)25)31(39)20-11-27-21(8-9-32-27)29(12-20)40-17-18-4-2-1-3-5-18/h1-5,19-29,32-35H,6-17H2/t19?,20?,21?,22-,23+,24+,25-,26?,27?,28?,29?. The number of carbonyl (C=O) groups excluding carboxylic acids is 2. The molecule has 7 fully saturated rings. The van der Waals surface area contributed by atoms with E-state index in [4.69, 9.17) is 4.74 Å². The van der Waals surface area contributed by atoms with Gasteiger partial charge in [-0.15, -0.1) is 0 Å². The van der Waals surface area contributed by atoms with Gasteiger partial charge in [0.05, 0.1) is 12.7 Å². The molecule has 7 unspecified atom stereocenters. The summed E-state index contributed by atoms with van der Waals surface area (Å²) in [5.74, 6) is 3.71. The first-order chi connectivity index (χ1) is 19.6. The first-order valence-electron chi connectivity index (χ1n) is 15.8. The topological polar surface area (TPSA) is 98.0 Å². The van der Waals surface area contributed by atoms with E-state index in [0.717, 1.165) is 71.2 Å². The fourth-order valence-corrected chi connectivity index (χ4v) is 9.72. The predicted molar refractivity (Wildman–Crippen MR) is 149 cm³/mol. The molecule has 9 heteroatoms. The average molecular weight is 549 g/mol. The normalized spacial score (nSPS) is 43.5. The third-order valence-electron chi connectivity index (χ3n) is 11.9. The third-order valence-corrected chi connectivity index (χ3v) is 11.9. The lowest BCUT2D eigenvalue weighted by Crippen LogP contribution is -2.47. The number of hydrogen-bond donors (Lipinski definition) is 4. The van der Waals surface area contributed by atoms with Crippen LogP contribution in [0.1, 0.15) is 44.1 Å². The minimum atomic E-state index is 0.0475. The zero-order valence-electron chi connectivity index (χ0n) is 23.3. The molecule has 1 aromatic carbocycles. The SMILES string of the molecule is O=C(C1CCC2NNNC2C1)N1C[C@@H]2[C@H](C1)[C@H]1CN(C(=O)C3CC4NCCC4C(OCc4ccccc4)C3)C[C@@H]21. The van der Waals surface area contributed by atoms with E-state index in [1.54, 1.807) is 0 Å². The zero-order chi connectivity index (χ0) is 26.8. The molecule has 0 radical (unpaired) electrons. The van der Waals surface area contributed by atoms with Crippen LogP contribution in [0.5, 0.6) is 0 Å². The Bertz CT molecular complexity index is 1100. The van der Waals surface area contributed by atoms with E-state index < -0.39 is 0 Å². The molecule has 4 aliphatic heterocycles. The molecule has 4 N–H and O–H groups in total. The van der Waals surface area contributed by atoms with Crippen molar-refractivity contribution in [2.75, 3.05) is 32.7 Å². The van der Waals surface area contributed by atoms with Crippen molar-refractivity contribution in [1.29, 1.82) is 0 Å². The van der Waals surface area contributed by atoms with Crippen LogP contribution in [0, 0.1) is 41.4 Å². The molecule has 9 nitrogen and oxygen atoms in total. The van der Waals surface area contributed by atoms with Crippen LogP contribution in [0.4, 0.5) is 0 Å². The molecule has 2 amide bonds. The van der Waals surface area contributed by atoms with E-state index >= 15 is 0 Å². The Kier molecular flexibility index (Phi) is 6.64. The highest BCUT2D eigenvalue weighted by Crippen LogP contribution is 2.55. The first-order valence-corrected chi connectivity index (χ1v) is 15.8. The van der Waals surface area contributed by atoms with Crippen molar-refractivity contribution < 1.29 is 14.3 Å². The summed E-state index contributed by atoms with van der Waals surface area (Å²) >= 11 is 0. The smallest absolute Gasteiger partial charge is 0.225 e. The summed E-state index contributed by atoms with van der Waals surface area (Å²) in [4.78, 5) is 31.7. The number of amides is 2. The lowest BCUT2D eigenvalue weighted by Gasteiger charge is -2.42. The van der Waals surface area contributed by atoms with Gasteiger partial charge in [-0.05, 0) is 74.3 Å². The van der Waals surface area contributed by atoms with Crippen molar-refractivity contribution in [1.82, 2.24) is 31.5 Å². The maximum Gasteiger partial charge on any atom is 0.225 e. The van der Waals surface area contributed by atoms with Crippen LogP contribution in [-0.4, -0.2) is 78.6 Å². The molecule has 4 heterocycles. The summed E-state index contributed by atoms with van der Waals surface area (Å²) in [5.41, 5.74) is 10.8.